The number of ether oxygens (including phenoxy) is 1. The maximum atomic E-state index is 13.5. The van der Waals surface area contributed by atoms with E-state index in [1.165, 1.54) is 0 Å². The first-order chi connectivity index (χ1) is 10.4. The molecule has 1 aromatic carbocycles. The molecule has 1 heterocycles. The number of alkyl halides is 3. The van der Waals surface area contributed by atoms with E-state index >= 15 is 0 Å². The number of aldehydes is 1. The fraction of sp³-hybridized carbons (Fsp3) is 0.312. The van der Waals surface area contributed by atoms with Crippen LogP contribution < -0.4 is 0 Å². The highest BCUT2D eigenvalue weighted by Crippen LogP contribution is 2.41. The average molecular weight is 311 g/mol. The van der Waals surface area contributed by atoms with E-state index in [0.717, 1.165) is 5.56 Å². The highest BCUT2D eigenvalue weighted by atomic mass is 19.4. The molecule has 1 aromatic heterocycles. The van der Waals surface area contributed by atoms with Crippen LogP contribution in [0.5, 0.6) is 0 Å². The minimum Gasteiger partial charge on any atom is -0.376 e. The third-order valence-electron chi connectivity index (χ3n) is 3.30. The third kappa shape index (κ3) is 3.22. The number of H-pyrrole nitrogens is 1. The van der Waals surface area contributed by atoms with Crippen molar-refractivity contribution < 1.29 is 22.7 Å². The minimum absolute atomic E-state index is 0.0918. The molecular weight excluding hydrogens is 295 g/mol. The van der Waals surface area contributed by atoms with E-state index in [1.54, 1.807) is 31.2 Å². The number of carbonyl (C=O) groups is 1. The standard InChI is InChI=1S/C16H16F3NO2/c1-3-22-9-13-15(16(17,18)19)14(12(8-21)20-13)11-6-4-10(2)5-7-11/h4-8,20H,3,9H2,1-2H3. The van der Waals surface area contributed by atoms with Crippen LogP contribution in [0.3, 0.4) is 0 Å². The Labute approximate surface area is 126 Å². The molecule has 1 N–H and O–H groups in total. The Morgan fingerprint density at radius 1 is 1.23 bits per heavy atom. The predicted octanol–water partition coefficient (Wildman–Crippen LogP) is 4.36. The van der Waals surface area contributed by atoms with Gasteiger partial charge in [0.05, 0.1) is 23.6 Å². The summed E-state index contributed by atoms with van der Waals surface area (Å²) < 4.78 is 45.5. The molecule has 2 rings (SSSR count). The molecule has 0 aliphatic heterocycles. The number of benzene rings is 1. The van der Waals surface area contributed by atoms with Crippen molar-refractivity contribution >= 4 is 6.29 Å². The first-order valence-corrected chi connectivity index (χ1v) is 6.80. The first-order valence-electron chi connectivity index (χ1n) is 6.80. The molecule has 0 unspecified atom stereocenters. The number of hydrogen-bond donors (Lipinski definition) is 1. The molecule has 0 radical (unpaired) electrons. The molecule has 0 spiro atoms. The van der Waals surface area contributed by atoms with Gasteiger partial charge in [0, 0.05) is 12.2 Å². The zero-order valence-corrected chi connectivity index (χ0v) is 12.3. The van der Waals surface area contributed by atoms with Crippen molar-refractivity contribution in [3.63, 3.8) is 0 Å². The summed E-state index contributed by atoms with van der Waals surface area (Å²) in [6, 6.07) is 6.56. The van der Waals surface area contributed by atoms with Crippen LogP contribution in [-0.2, 0) is 17.5 Å². The summed E-state index contributed by atoms with van der Waals surface area (Å²) in [7, 11) is 0. The Balaban J connectivity index is 2.66. The number of rotatable bonds is 5. The number of halogens is 3. The molecule has 0 bridgehead atoms. The Kier molecular flexibility index (Phi) is 4.71. The van der Waals surface area contributed by atoms with Gasteiger partial charge in [-0.15, -0.1) is 0 Å². The fourth-order valence-electron chi connectivity index (χ4n) is 2.31. The molecule has 0 aliphatic rings. The zero-order chi connectivity index (χ0) is 16.3. The van der Waals surface area contributed by atoms with Crippen molar-refractivity contribution in [1.82, 2.24) is 4.98 Å². The number of aromatic amines is 1. The predicted molar refractivity (Wildman–Crippen MR) is 76.7 cm³/mol. The summed E-state index contributed by atoms with van der Waals surface area (Å²) >= 11 is 0. The van der Waals surface area contributed by atoms with Crippen LogP contribution in [-0.4, -0.2) is 17.9 Å². The van der Waals surface area contributed by atoms with Gasteiger partial charge < -0.3 is 9.72 Å². The summed E-state index contributed by atoms with van der Waals surface area (Å²) in [5.74, 6) is 0. The smallest absolute Gasteiger partial charge is 0.376 e. The van der Waals surface area contributed by atoms with Gasteiger partial charge in [-0.05, 0) is 19.4 Å². The zero-order valence-electron chi connectivity index (χ0n) is 12.3. The Hall–Kier alpha value is -2.08. The Morgan fingerprint density at radius 3 is 2.36 bits per heavy atom. The average Bonchev–Trinajstić information content (AvgIpc) is 2.84. The number of aromatic nitrogens is 1. The Morgan fingerprint density at radius 2 is 1.86 bits per heavy atom. The first kappa shape index (κ1) is 16.3. The second kappa shape index (κ2) is 6.36. The summed E-state index contributed by atoms with van der Waals surface area (Å²) in [6.07, 6.45) is -4.18. The molecular formula is C16H16F3NO2. The highest BCUT2D eigenvalue weighted by Gasteiger charge is 2.39. The van der Waals surface area contributed by atoms with Crippen LogP contribution in [0.25, 0.3) is 11.1 Å². The summed E-state index contributed by atoms with van der Waals surface area (Å²) in [5, 5.41) is 0. The summed E-state index contributed by atoms with van der Waals surface area (Å²) in [4.78, 5) is 13.7. The van der Waals surface area contributed by atoms with E-state index in [2.05, 4.69) is 4.98 Å². The molecule has 118 valence electrons. The molecule has 22 heavy (non-hydrogen) atoms. The number of aryl methyl sites for hydroxylation is 1. The molecule has 0 amide bonds. The van der Waals surface area contributed by atoms with Crippen molar-refractivity contribution in [3.8, 4) is 11.1 Å². The van der Waals surface area contributed by atoms with Crippen LogP contribution in [0, 0.1) is 6.92 Å². The molecule has 6 heteroatoms. The van der Waals surface area contributed by atoms with Gasteiger partial charge in [0.15, 0.2) is 6.29 Å². The number of nitrogens with one attached hydrogen (secondary N) is 1. The van der Waals surface area contributed by atoms with E-state index in [9.17, 15) is 18.0 Å². The second-order valence-corrected chi connectivity index (χ2v) is 4.89. The quantitative estimate of drug-likeness (QED) is 0.834. The van der Waals surface area contributed by atoms with Crippen molar-refractivity contribution in [3.05, 3.63) is 46.8 Å². The van der Waals surface area contributed by atoms with Crippen molar-refractivity contribution in [2.45, 2.75) is 26.6 Å². The van der Waals surface area contributed by atoms with E-state index < -0.39 is 11.7 Å². The van der Waals surface area contributed by atoms with Gasteiger partial charge in [-0.3, -0.25) is 4.79 Å². The molecule has 2 aromatic rings. The number of carbonyl (C=O) groups excluding carboxylic acids is 1. The molecule has 0 saturated heterocycles. The van der Waals surface area contributed by atoms with E-state index in [0.29, 0.717) is 11.8 Å². The van der Waals surface area contributed by atoms with Crippen LogP contribution in [0.2, 0.25) is 0 Å². The van der Waals surface area contributed by atoms with Crippen molar-refractivity contribution in [1.29, 1.82) is 0 Å². The van der Waals surface area contributed by atoms with Crippen molar-refractivity contribution in [2.24, 2.45) is 0 Å². The van der Waals surface area contributed by atoms with Crippen LogP contribution in [0.4, 0.5) is 13.2 Å². The molecule has 0 fully saturated rings. The maximum absolute atomic E-state index is 13.5. The summed E-state index contributed by atoms with van der Waals surface area (Å²) in [6.45, 7) is 3.59. The molecule has 3 nitrogen and oxygen atoms in total. The lowest BCUT2D eigenvalue weighted by Crippen LogP contribution is -2.10. The highest BCUT2D eigenvalue weighted by molar-refractivity contribution is 5.88. The lowest BCUT2D eigenvalue weighted by atomic mass is 9.99. The van der Waals surface area contributed by atoms with Gasteiger partial charge in [-0.25, -0.2) is 0 Å². The van der Waals surface area contributed by atoms with Gasteiger partial charge >= 0.3 is 6.18 Å². The molecule has 0 saturated carbocycles. The summed E-state index contributed by atoms with van der Waals surface area (Å²) in [5.41, 5.74) is 0.0797. The van der Waals surface area contributed by atoms with Gasteiger partial charge in [0.1, 0.15) is 0 Å². The van der Waals surface area contributed by atoms with E-state index in [-0.39, 0.29) is 30.2 Å². The monoisotopic (exact) mass is 311 g/mol. The molecule has 0 atom stereocenters. The molecule has 0 aliphatic carbocycles. The van der Waals surface area contributed by atoms with Gasteiger partial charge in [-0.1, -0.05) is 29.8 Å². The number of hydrogen-bond acceptors (Lipinski definition) is 2. The Bertz CT molecular complexity index is 657. The van der Waals surface area contributed by atoms with Gasteiger partial charge in [0.25, 0.3) is 0 Å². The van der Waals surface area contributed by atoms with Crippen LogP contribution in [0.1, 0.15) is 34.2 Å². The maximum Gasteiger partial charge on any atom is 0.418 e. The SMILES string of the molecule is CCOCc1[nH]c(C=O)c(-c2ccc(C)cc2)c1C(F)(F)F. The van der Waals surface area contributed by atoms with Crippen LogP contribution >= 0.6 is 0 Å². The van der Waals surface area contributed by atoms with Gasteiger partial charge in [-0.2, -0.15) is 13.2 Å². The minimum atomic E-state index is -4.58. The normalized spacial score (nSPS) is 11.7. The van der Waals surface area contributed by atoms with Crippen LogP contribution in [0.15, 0.2) is 24.3 Å². The van der Waals surface area contributed by atoms with Crippen molar-refractivity contribution in [2.75, 3.05) is 6.61 Å². The lowest BCUT2D eigenvalue weighted by molar-refractivity contribution is -0.138. The topological polar surface area (TPSA) is 42.1 Å². The van der Waals surface area contributed by atoms with E-state index in [4.69, 9.17) is 4.74 Å². The fourth-order valence-corrected chi connectivity index (χ4v) is 2.31. The largest absolute Gasteiger partial charge is 0.418 e. The second-order valence-electron chi connectivity index (χ2n) is 4.89. The lowest BCUT2D eigenvalue weighted by Gasteiger charge is -2.12. The van der Waals surface area contributed by atoms with Gasteiger partial charge in [0.2, 0.25) is 0 Å². The third-order valence-corrected chi connectivity index (χ3v) is 3.30. The van der Waals surface area contributed by atoms with E-state index in [1.807, 2.05) is 6.92 Å².